The van der Waals surface area contributed by atoms with E-state index < -0.39 is 5.82 Å². The minimum atomic E-state index is -0.398. The van der Waals surface area contributed by atoms with Crippen molar-refractivity contribution in [1.29, 1.82) is 0 Å². The fourth-order valence-corrected chi connectivity index (χ4v) is 1.47. The number of hydrogen-bond acceptors (Lipinski definition) is 2. The lowest BCUT2D eigenvalue weighted by molar-refractivity contribution is 0.238. The molecule has 0 aliphatic rings. The second-order valence-corrected chi connectivity index (χ2v) is 5.56. The highest BCUT2D eigenvalue weighted by Crippen LogP contribution is 2.24. The highest BCUT2D eigenvalue weighted by atomic mass is 19.1. The second kappa shape index (κ2) is 5.50. The van der Waals surface area contributed by atoms with E-state index in [0.29, 0.717) is 12.5 Å². The zero-order valence-electron chi connectivity index (χ0n) is 11.0. The zero-order chi connectivity index (χ0) is 13.1. The van der Waals surface area contributed by atoms with Crippen LogP contribution in [0.2, 0.25) is 0 Å². The normalized spacial score (nSPS) is 12.1. The molecule has 0 heterocycles. The van der Waals surface area contributed by atoms with Crippen molar-refractivity contribution >= 4 is 0 Å². The van der Waals surface area contributed by atoms with E-state index in [1.807, 2.05) is 0 Å². The van der Waals surface area contributed by atoms with E-state index in [-0.39, 0.29) is 11.2 Å². The smallest absolute Gasteiger partial charge is 0.127 e. The van der Waals surface area contributed by atoms with Crippen LogP contribution < -0.4 is 5.32 Å². The lowest BCUT2D eigenvalue weighted by Gasteiger charge is -2.29. The van der Waals surface area contributed by atoms with Gasteiger partial charge in [-0.2, -0.15) is 0 Å². The molecule has 0 amide bonds. The van der Waals surface area contributed by atoms with Crippen LogP contribution >= 0.6 is 0 Å². The van der Waals surface area contributed by atoms with Crippen LogP contribution in [-0.4, -0.2) is 11.7 Å². The quantitative estimate of drug-likeness (QED) is 0.826. The van der Waals surface area contributed by atoms with Gasteiger partial charge in [0.2, 0.25) is 0 Å². The van der Waals surface area contributed by atoms with Crippen LogP contribution in [0.15, 0.2) is 18.2 Å². The summed E-state index contributed by atoms with van der Waals surface area (Å²) in [5.74, 6) is 0.158. The van der Waals surface area contributed by atoms with Crippen molar-refractivity contribution in [3.8, 4) is 5.75 Å². The molecule has 96 valence electrons. The van der Waals surface area contributed by atoms with Gasteiger partial charge in [0.25, 0.3) is 0 Å². The average Bonchev–Trinajstić information content (AvgIpc) is 2.15. The number of phenolic OH excluding ortho intramolecular Hbond substituents is 1. The van der Waals surface area contributed by atoms with Crippen molar-refractivity contribution in [2.75, 3.05) is 6.54 Å². The molecule has 1 rings (SSSR count). The molecule has 0 saturated heterocycles. The number of phenols is 1. The summed E-state index contributed by atoms with van der Waals surface area (Å²) in [6.45, 7) is 10.2. The van der Waals surface area contributed by atoms with E-state index in [2.05, 4.69) is 33.0 Å². The molecule has 0 saturated carbocycles. The van der Waals surface area contributed by atoms with E-state index in [4.69, 9.17) is 0 Å². The number of nitrogens with one attached hydrogen (secondary N) is 1. The average molecular weight is 239 g/mol. The highest BCUT2D eigenvalue weighted by Gasteiger charge is 2.21. The molecule has 0 spiro atoms. The van der Waals surface area contributed by atoms with Crippen LogP contribution in [-0.2, 0) is 6.54 Å². The minimum absolute atomic E-state index is 0.0232. The van der Waals surface area contributed by atoms with Gasteiger partial charge in [-0.15, -0.1) is 0 Å². The van der Waals surface area contributed by atoms with Gasteiger partial charge in [-0.25, -0.2) is 4.39 Å². The summed E-state index contributed by atoms with van der Waals surface area (Å²) in [5.41, 5.74) is 0.970. The summed E-state index contributed by atoms with van der Waals surface area (Å²) in [4.78, 5) is 0. The maximum Gasteiger partial charge on any atom is 0.127 e. The molecule has 0 bridgehead atoms. The first-order valence-electron chi connectivity index (χ1n) is 6.00. The summed E-state index contributed by atoms with van der Waals surface area (Å²) in [6, 6.07) is 4.13. The molecule has 0 aromatic heterocycles. The Morgan fingerprint density at radius 3 is 2.47 bits per heavy atom. The van der Waals surface area contributed by atoms with Gasteiger partial charge in [-0.05, 0) is 29.0 Å². The van der Waals surface area contributed by atoms with Crippen LogP contribution in [0, 0.1) is 17.2 Å². The van der Waals surface area contributed by atoms with Crippen molar-refractivity contribution in [2.24, 2.45) is 11.3 Å². The summed E-state index contributed by atoms with van der Waals surface area (Å²) < 4.78 is 13.0. The first kappa shape index (κ1) is 14.0. The molecule has 1 aromatic carbocycles. The summed E-state index contributed by atoms with van der Waals surface area (Å²) in [5, 5.41) is 12.6. The highest BCUT2D eigenvalue weighted by molar-refractivity contribution is 5.28. The number of rotatable bonds is 5. The minimum Gasteiger partial charge on any atom is -0.508 e. The molecule has 2 nitrogen and oxygen atoms in total. The topological polar surface area (TPSA) is 32.3 Å². The monoisotopic (exact) mass is 239 g/mol. The molecule has 0 aliphatic carbocycles. The van der Waals surface area contributed by atoms with Gasteiger partial charge in [0.15, 0.2) is 0 Å². The number of benzene rings is 1. The molecule has 0 aliphatic heterocycles. The molecule has 0 unspecified atom stereocenters. The molecule has 0 radical (unpaired) electrons. The van der Waals surface area contributed by atoms with Crippen LogP contribution in [0.1, 0.15) is 33.3 Å². The van der Waals surface area contributed by atoms with Gasteiger partial charge in [0, 0.05) is 19.2 Å². The van der Waals surface area contributed by atoms with Gasteiger partial charge in [0.05, 0.1) is 0 Å². The Morgan fingerprint density at radius 2 is 1.94 bits per heavy atom. The molecule has 0 fully saturated rings. The van der Waals surface area contributed by atoms with E-state index in [0.717, 1.165) is 18.2 Å². The van der Waals surface area contributed by atoms with E-state index in [1.165, 1.54) is 6.07 Å². The van der Waals surface area contributed by atoms with E-state index in [9.17, 15) is 9.50 Å². The fraction of sp³-hybridized carbons (Fsp3) is 0.571. The standard InChI is InChI=1S/C14H22FNO/c1-10(2)14(3,4)9-16-8-11-5-12(15)7-13(17)6-11/h5-7,10,16-17H,8-9H2,1-4H3. The number of aromatic hydroxyl groups is 1. The number of hydrogen-bond donors (Lipinski definition) is 2. The fourth-order valence-electron chi connectivity index (χ4n) is 1.47. The molecular formula is C14H22FNO. The molecule has 17 heavy (non-hydrogen) atoms. The molecule has 0 atom stereocenters. The van der Waals surface area contributed by atoms with Crippen molar-refractivity contribution in [2.45, 2.75) is 34.2 Å². The van der Waals surface area contributed by atoms with Gasteiger partial charge in [-0.3, -0.25) is 0 Å². The molecule has 2 N–H and O–H groups in total. The first-order valence-corrected chi connectivity index (χ1v) is 6.00. The van der Waals surface area contributed by atoms with Crippen LogP contribution in [0.25, 0.3) is 0 Å². The Balaban J connectivity index is 2.51. The molecule has 1 aromatic rings. The Kier molecular flexibility index (Phi) is 4.52. The third-order valence-electron chi connectivity index (χ3n) is 3.42. The van der Waals surface area contributed by atoms with Crippen molar-refractivity contribution < 1.29 is 9.50 Å². The first-order chi connectivity index (χ1) is 7.81. The van der Waals surface area contributed by atoms with E-state index in [1.54, 1.807) is 6.07 Å². The van der Waals surface area contributed by atoms with Gasteiger partial charge in [0.1, 0.15) is 11.6 Å². The van der Waals surface area contributed by atoms with E-state index >= 15 is 0 Å². The Labute approximate surface area is 103 Å². The van der Waals surface area contributed by atoms with Gasteiger partial charge >= 0.3 is 0 Å². The largest absolute Gasteiger partial charge is 0.508 e. The maximum absolute atomic E-state index is 13.0. The van der Waals surface area contributed by atoms with Crippen molar-refractivity contribution in [3.05, 3.63) is 29.6 Å². The van der Waals surface area contributed by atoms with Gasteiger partial charge in [-0.1, -0.05) is 27.7 Å². The van der Waals surface area contributed by atoms with Gasteiger partial charge < -0.3 is 10.4 Å². The summed E-state index contributed by atoms with van der Waals surface area (Å²) in [7, 11) is 0. The zero-order valence-corrected chi connectivity index (χ0v) is 11.0. The lowest BCUT2D eigenvalue weighted by Crippen LogP contribution is -2.33. The summed E-state index contributed by atoms with van der Waals surface area (Å²) >= 11 is 0. The molecular weight excluding hydrogens is 217 g/mol. The van der Waals surface area contributed by atoms with Crippen molar-refractivity contribution in [1.82, 2.24) is 5.32 Å². The Morgan fingerprint density at radius 1 is 1.29 bits per heavy atom. The Bertz CT molecular complexity index is 354. The lowest BCUT2D eigenvalue weighted by atomic mass is 9.81. The molecule has 3 heteroatoms. The third kappa shape index (κ3) is 4.35. The van der Waals surface area contributed by atoms with Crippen molar-refractivity contribution in [3.63, 3.8) is 0 Å². The van der Waals surface area contributed by atoms with Crippen LogP contribution in [0.3, 0.4) is 0 Å². The predicted octanol–water partition coefficient (Wildman–Crippen LogP) is 3.30. The second-order valence-electron chi connectivity index (χ2n) is 5.56. The Hall–Kier alpha value is -1.09. The predicted molar refractivity (Wildman–Crippen MR) is 68.4 cm³/mol. The van der Waals surface area contributed by atoms with Crippen LogP contribution in [0.5, 0.6) is 5.75 Å². The number of halogens is 1. The maximum atomic E-state index is 13.0. The van der Waals surface area contributed by atoms with Crippen LogP contribution in [0.4, 0.5) is 4.39 Å². The third-order valence-corrected chi connectivity index (χ3v) is 3.42. The SMILES string of the molecule is CC(C)C(C)(C)CNCc1cc(O)cc(F)c1. The summed E-state index contributed by atoms with van der Waals surface area (Å²) in [6.07, 6.45) is 0.